The molecule has 5 heterocycles. The molecule has 2 saturated heterocycles. The van der Waals surface area contributed by atoms with E-state index in [1.807, 2.05) is 20.8 Å². The van der Waals surface area contributed by atoms with Gasteiger partial charge in [0.15, 0.2) is 5.78 Å². The van der Waals surface area contributed by atoms with E-state index in [-0.39, 0.29) is 60.8 Å². The second-order valence-electron chi connectivity index (χ2n) is 20.9. The van der Waals surface area contributed by atoms with E-state index in [9.17, 15) is 29.2 Å². The van der Waals surface area contributed by atoms with Crippen molar-refractivity contribution in [2.45, 2.75) is 95.7 Å². The molecule has 1 aliphatic carbocycles. The molecule has 76 heavy (non-hydrogen) atoms. The number of nitriles is 1. The number of anilines is 3. The van der Waals surface area contributed by atoms with Crippen molar-refractivity contribution in [1.29, 1.82) is 5.26 Å². The van der Waals surface area contributed by atoms with E-state index < -0.39 is 35.3 Å². The first kappa shape index (κ1) is 54.0. The van der Waals surface area contributed by atoms with Crippen molar-refractivity contribution in [2.75, 3.05) is 114 Å². The third kappa shape index (κ3) is 12.7. The summed E-state index contributed by atoms with van der Waals surface area (Å²) in [5.74, 6) is -0.834. The number of benzene rings is 3. The lowest BCUT2D eigenvalue weighted by Crippen LogP contribution is -2.56. The first-order valence-electron chi connectivity index (χ1n) is 26.5. The van der Waals surface area contributed by atoms with Crippen LogP contribution < -0.4 is 19.9 Å². The molecule has 1 unspecified atom stereocenters. The molecule has 1 saturated carbocycles. The van der Waals surface area contributed by atoms with Crippen molar-refractivity contribution in [3.8, 4) is 12.1 Å². The summed E-state index contributed by atoms with van der Waals surface area (Å²) in [6.45, 7) is 12.4. The molecule has 5 aliphatic rings. The topological polar surface area (TPSA) is 219 Å². The molecule has 20 nitrogen and oxygen atoms in total. The zero-order valence-corrected chi connectivity index (χ0v) is 44.0. The Hall–Kier alpha value is -6.76. The number of ether oxygens (including phenoxy) is 6. The second-order valence-corrected chi connectivity index (χ2v) is 20.9. The number of carbonyl (C=O) groups excluding carboxylic acids is 5. The smallest absolute Gasteiger partial charge is 0.410 e. The summed E-state index contributed by atoms with van der Waals surface area (Å²) in [7, 11) is 2.06. The van der Waals surface area contributed by atoms with Gasteiger partial charge in [-0.15, -0.1) is 0 Å². The first-order chi connectivity index (χ1) is 36.8. The number of aromatic nitrogens is 2. The van der Waals surface area contributed by atoms with Crippen LogP contribution in [0, 0.1) is 11.3 Å². The molecule has 3 fully saturated rings. The number of nitrogens with one attached hydrogen (secondary N) is 1. The minimum Gasteiger partial charge on any atom is -0.462 e. The van der Waals surface area contributed by atoms with E-state index in [0.717, 1.165) is 53.6 Å². The van der Waals surface area contributed by atoms with Crippen molar-refractivity contribution in [3.63, 3.8) is 0 Å². The number of ketones is 2. The largest absolute Gasteiger partial charge is 0.462 e. The zero-order valence-electron chi connectivity index (χ0n) is 44.0. The van der Waals surface area contributed by atoms with Crippen LogP contribution in [-0.2, 0) is 46.2 Å². The molecule has 20 heteroatoms. The van der Waals surface area contributed by atoms with Gasteiger partial charge >= 0.3 is 12.1 Å². The van der Waals surface area contributed by atoms with E-state index in [1.54, 1.807) is 23.1 Å². The third-order valence-corrected chi connectivity index (χ3v) is 14.5. The number of carbonyl (C=O) groups is 5. The number of hydrogen-bond donors (Lipinski definition) is 1. The number of Topliss-reactive ketones (excluding diaryl/α,β-unsaturated/α-hetero) is 2. The first-order valence-corrected chi connectivity index (χ1v) is 26.5. The quantitative estimate of drug-likeness (QED) is 0.0623. The fourth-order valence-electron chi connectivity index (χ4n) is 10.7. The zero-order chi connectivity index (χ0) is 53.3. The molecule has 1 N–H and O–H groups in total. The Morgan fingerprint density at radius 1 is 0.816 bits per heavy atom. The lowest BCUT2D eigenvalue weighted by Gasteiger charge is -2.42. The average molecular weight is 1040 g/mol. The van der Waals surface area contributed by atoms with E-state index in [1.165, 1.54) is 10.8 Å². The van der Waals surface area contributed by atoms with Gasteiger partial charge in [0, 0.05) is 74.1 Å². The van der Waals surface area contributed by atoms with Gasteiger partial charge in [0.1, 0.15) is 23.8 Å². The Balaban J connectivity index is 0.704. The number of imide groups is 1. The molecule has 0 bridgehead atoms. The number of amides is 3. The molecule has 1 aromatic heterocycles. The van der Waals surface area contributed by atoms with Gasteiger partial charge in [0.05, 0.1) is 107 Å². The van der Waals surface area contributed by atoms with Crippen molar-refractivity contribution in [2.24, 2.45) is 0 Å². The monoisotopic (exact) mass is 1040 g/mol. The van der Waals surface area contributed by atoms with Crippen LogP contribution in [0.5, 0.6) is 6.01 Å². The van der Waals surface area contributed by atoms with Gasteiger partial charge in [0.25, 0.3) is 11.8 Å². The van der Waals surface area contributed by atoms with Gasteiger partial charge in [-0.25, -0.2) is 4.79 Å². The van der Waals surface area contributed by atoms with Gasteiger partial charge in [0.2, 0.25) is 0 Å². The molecule has 3 amide bonds. The van der Waals surface area contributed by atoms with Crippen LogP contribution in [0.1, 0.15) is 84.8 Å². The van der Waals surface area contributed by atoms with Gasteiger partial charge in [-0.05, 0) is 70.7 Å². The fraction of sp³-hybridized carbons (Fsp3) is 0.536. The number of rotatable bonds is 21. The van der Waals surface area contributed by atoms with E-state index in [4.69, 9.17) is 38.4 Å². The fourth-order valence-corrected chi connectivity index (χ4v) is 10.7. The predicted octanol–water partition coefficient (Wildman–Crippen LogP) is 5.45. The van der Waals surface area contributed by atoms with E-state index in [0.29, 0.717) is 97.3 Å². The number of hydrogen-bond acceptors (Lipinski definition) is 18. The van der Waals surface area contributed by atoms with Gasteiger partial charge < -0.3 is 48.4 Å². The van der Waals surface area contributed by atoms with Crippen LogP contribution in [-0.4, -0.2) is 183 Å². The van der Waals surface area contributed by atoms with Gasteiger partial charge in [-0.1, -0.05) is 42.5 Å². The summed E-state index contributed by atoms with van der Waals surface area (Å²) < 4.78 is 35.6. The Morgan fingerprint density at radius 2 is 1.57 bits per heavy atom. The molecular formula is C56H69N9O11. The highest BCUT2D eigenvalue weighted by molar-refractivity contribution is 6.25. The van der Waals surface area contributed by atoms with Crippen LogP contribution in [0.15, 0.2) is 60.7 Å². The van der Waals surface area contributed by atoms with Crippen molar-refractivity contribution < 1.29 is 52.4 Å². The maximum absolute atomic E-state index is 13.3. The molecule has 4 atom stereocenters. The molecule has 0 radical (unpaired) electrons. The minimum absolute atomic E-state index is 0.00143. The van der Waals surface area contributed by atoms with Crippen molar-refractivity contribution in [3.05, 3.63) is 83.0 Å². The van der Waals surface area contributed by atoms with Gasteiger partial charge in [-0.3, -0.25) is 29.0 Å². The average Bonchev–Trinajstić information content (AvgIpc) is 3.96. The standard InChI is InChI=1S/C56H69N9O11/c1-56(2,3)76-55(70)64-23-22-63(33-38(64)17-19-57)51-43-18-21-62(47-14-7-10-37-9-5-6-11-42(37)47)35-46(43)59-54(60-51)75-36-39-31-41(34-61(39)4)74-30-29-73-28-27-72-26-25-71-24-20-58-45-13-8-12-44-50(45)53(69)65(52(44)68)48-16-15-40(66)32-49(48)67/h5-14,38-39,41,48,58H,15-18,20-36H2,1-4H3/t38-,39-,41+,48?/m0/s1. The lowest BCUT2D eigenvalue weighted by atomic mass is 9.92. The van der Waals surface area contributed by atoms with E-state index in [2.05, 4.69) is 75.6 Å². The number of fused-ring (bicyclic) bond motifs is 3. The summed E-state index contributed by atoms with van der Waals surface area (Å²) in [6, 6.07) is 21.1. The summed E-state index contributed by atoms with van der Waals surface area (Å²) in [6.07, 6.45) is 1.29. The van der Waals surface area contributed by atoms with Crippen LogP contribution in [0.3, 0.4) is 0 Å². The Kier molecular flexibility index (Phi) is 17.4. The molecular weight excluding hydrogens is 975 g/mol. The molecule has 3 aromatic carbocycles. The number of nitrogens with zero attached hydrogens (tertiary/aromatic N) is 8. The molecule has 0 spiro atoms. The molecule has 404 valence electrons. The van der Waals surface area contributed by atoms with E-state index >= 15 is 0 Å². The number of piperazine rings is 1. The Morgan fingerprint density at radius 3 is 2.34 bits per heavy atom. The second kappa shape index (κ2) is 24.5. The Labute approximate surface area is 443 Å². The summed E-state index contributed by atoms with van der Waals surface area (Å²) in [5.41, 5.74) is 3.40. The Bertz CT molecular complexity index is 2810. The lowest BCUT2D eigenvalue weighted by molar-refractivity contribution is -0.132. The predicted molar refractivity (Wildman–Crippen MR) is 282 cm³/mol. The maximum Gasteiger partial charge on any atom is 0.410 e. The van der Waals surface area contributed by atoms with Crippen LogP contribution in [0.25, 0.3) is 10.8 Å². The third-order valence-electron chi connectivity index (χ3n) is 14.5. The molecule has 4 aliphatic heterocycles. The number of likely N-dealkylation sites (tertiary alicyclic amines) is 1. The van der Waals surface area contributed by atoms with Crippen LogP contribution in [0.4, 0.5) is 22.0 Å². The summed E-state index contributed by atoms with van der Waals surface area (Å²) >= 11 is 0. The van der Waals surface area contributed by atoms with Crippen molar-refractivity contribution in [1.82, 2.24) is 24.7 Å². The van der Waals surface area contributed by atoms with Gasteiger partial charge in [-0.2, -0.15) is 15.2 Å². The normalized spacial score (nSPS) is 21.0. The minimum atomic E-state index is -0.917. The summed E-state index contributed by atoms with van der Waals surface area (Å²) in [5, 5.41) is 15.4. The molecule has 9 rings (SSSR count). The highest BCUT2D eigenvalue weighted by Gasteiger charge is 2.45. The van der Waals surface area contributed by atoms with Crippen molar-refractivity contribution >= 4 is 57.4 Å². The molecule has 4 aromatic rings. The maximum atomic E-state index is 13.3. The highest BCUT2D eigenvalue weighted by Crippen LogP contribution is 2.36. The highest BCUT2D eigenvalue weighted by atomic mass is 16.6. The van der Waals surface area contributed by atoms with Crippen LogP contribution in [0.2, 0.25) is 0 Å². The van der Waals surface area contributed by atoms with Crippen LogP contribution >= 0.6 is 0 Å². The SMILES string of the molecule is CN1C[C@H](OCCOCCOCCOCCNc2cccc3c2C(=O)N(C2CCC(=O)CC2=O)C3=O)C[C@H]1COc1nc2c(c(N3CCN(C(=O)OC(C)(C)C)[C@@H](CC#N)C3)n1)CCN(c1cccc3ccccc13)C2. The summed E-state index contributed by atoms with van der Waals surface area (Å²) in [4.78, 5) is 83.7. The number of likely N-dealkylation sites (N-methyl/N-ethyl adjacent to an activating group) is 1.